The lowest BCUT2D eigenvalue weighted by atomic mass is 9.94. The molecule has 0 aliphatic carbocycles. The summed E-state index contributed by atoms with van der Waals surface area (Å²) < 4.78 is 16.9. The third-order valence-corrected chi connectivity index (χ3v) is 6.82. The maximum atomic E-state index is 13.4. The van der Waals surface area contributed by atoms with E-state index < -0.39 is 17.7 Å². The molecule has 39 heavy (non-hydrogen) atoms. The van der Waals surface area contributed by atoms with E-state index in [4.69, 9.17) is 14.2 Å². The van der Waals surface area contributed by atoms with Crippen molar-refractivity contribution in [2.75, 3.05) is 27.4 Å². The molecule has 3 aromatic carbocycles. The lowest BCUT2D eigenvalue weighted by Crippen LogP contribution is -2.31. The second kappa shape index (κ2) is 12.5. The van der Waals surface area contributed by atoms with Crippen molar-refractivity contribution < 1.29 is 28.9 Å². The number of rotatable bonds is 11. The zero-order valence-electron chi connectivity index (χ0n) is 22.8. The number of ketones is 1. The number of carbonyl (C=O) groups is 2. The number of carbonyl (C=O) groups excluding carboxylic acids is 2. The average molecular weight is 530 g/mol. The van der Waals surface area contributed by atoms with Crippen LogP contribution in [0.25, 0.3) is 5.76 Å². The molecule has 1 aliphatic rings. The van der Waals surface area contributed by atoms with E-state index >= 15 is 0 Å². The molecule has 1 aliphatic heterocycles. The molecular weight excluding hydrogens is 494 g/mol. The lowest BCUT2D eigenvalue weighted by molar-refractivity contribution is -0.139. The van der Waals surface area contributed by atoms with Crippen molar-refractivity contribution in [2.45, 2.75) is 32.7 Å². The van der Waals surface area contributed by atoms with Gasteiger partial charge in [-0.05, 0) is 54.2 Å². The summed E-state index contributed by atoms with van der Waals surface area (Å²) in [5, 5.41) is 11.4. The Bertz CT molecular complexity index is 1350. The molecule has 1 amide bonds. The highest BCUT2D eigenvalue weighted by Crippen LogP contribution is 2.42. The van der Waals surface area contributed by atoms with Crippen LogP contribution < -0.4 is 14.2 Å². The zero-order chi connectivity index (χ0) is 27.9. The lowest BCUT2D eigenvalue weighted by Gasteiger charge is -2.26. The Morgan fingerprint density at radius 3 is 2.38 bits per heavy atom. The molecule has 1 heterocycles. The highest BCUT2D eigenvalue weighted by molar-refractivity contribution is 6.46. The molecule has 1 atom stereocenters. The monoisotopic (exact) mass is 529 g/mol. The quantitative estimate of drug-likeness (QED) is 0.192. The fourth-order valence-electron chi connectivity index (χ4n) is 4.66. The number of hydrogen-bond acceptors (Lipinski definition) is 6. The van der Waals surface area contributed by atoms with E-state index in [1.807, 2.05) is 36.4 Å². The van der Waals surface area contributed by atoms with E-state index in [1.165, 1.54) is 12.0 Å². The van der Waals surface area contributed by atoms with Gasteiger partial charge < -0.3 is 24.2 Å². The highest BCUT2D eigenvalue weighted by Gasteiger charge is 2.46. The summed E-state index contributed by atoms with van der Waals surface area (Å²) in [4.78, 5) is 28.3. The van der Waals surface area contributed by atoms with E-state index in [0.29, 0.717) is 53.9 Å². The van der Waals surface area contributed by atoms with Crippen LogP contribution in [-0.4, -0.2) is 49.1 Å². The molecule has 1 N–H and O–H groups in total. The van der Waals surface area contributed by atoms with Crippen molar-refractivity contribution in [1.29, 1.82) is 0 Å². The summed E-state index contributed by atoms with van der Waals surface area (Å²) >= 11 is 0. The minimum atomic E-state index is -0.807. The van der Waals surface area contributed by atoms with Crippen LogP contribution in [-0.2, 0) is 16.0 Å². The Morgan fingerprint density at radius 2 is 1.69 bits per heavy atom. The van der Waals surface area contributed by atoms with Crippen LogP contribution >= 0.6 is 0 Å². The molecule has 1 saturated heterocycles. The molecular formula is C32H35NO6. The van der Waals surface area contributed by atoms with E-state index in [0.717, 1.165) is 12.0 Å². The molecule has 204 valence electrons. The van der Waals surface area contributed by atoms with Crippen molar-refractivity contribution in [2.24, 2.45) is 5.92 Å². The summed E-state index contributed by atoms with van der Waals surface area (Å²) in [7, 11) is 3.08. The van der Waals surface area contributed by atoms with E-state index in [1.54, 1.807) is 43.5 Å². The molecule has 0 aromatic heterocycles. The van der Waals surface area contributed by atoms with Gasteiger partial charge in [-0.25, -0.2) is 0 Å². The van der Waals surface area contributed by atoms with Crippen molar-refractivity contribution in [3.8, 4) is 17.2 Å². The molecule has 0 bridgehead atoms. The van der Waals surface area contributed by atoms with Gasteiger partial charge >= 0.3 is 0 Å². The van der Waals surface area contributed by atoms with Gasteiger partial charge in [0.1, 0.15) is 11.5 Å². The maximum absolute atomic E-state index is 13.4. The van der Waals surface area contributed by atoms with Gasteiger partial charge in [-0.3, -0.25) is 9.59 Å². The fourth-order valence-corrected chi connectivity index (χ4v) is 4.66. The topological polar surface area (TPSA) is 85.3 Å². The SMILES string of the molecule is COc1cccc(/C(O)=C2\C(=O)C(=O)N(CCc3ccccc3)C2c2ccc(OCCC(C)C)c(OC)c2)c1. The maximum Gasteiger partial charge on any atom is 0.295 e. The first-order valence-electron chi connectivity index (χ1n) is 13.1. The van der Waals surface area contributed by atoms with Crippen LogP contribution in [0.1, 0.15) is 43.0 Å². The van der Waals surface area contributed by atoms with Gasteiger partial charge in [0.15, 0.2) is 11.5 Å². The van der Waals surface area contributed by atoms with Crippen LogP contribution in [0.3, 0.4) is 0 Å². The molecule has 0 saturated carbocycles. The number of ether oxygens (including phenoxy) is 3. The largest absolute Gasteiger partial charge is 0.507 e. The second-order valence-electron chi connectivity index (χ2n) is 9.90. The van der Waals surface area contributed by atoms with Gasteiger partial charge in [-0.1, -0.05) is 62.4 Å². The van der Waals surface area contributed by atoms with Crippen LogP contribution in [0.5, 0.6) is 17.2 Å². The van der Waals surface area contributed by atoms with Gasteiger partial charge in [0.2, 0.25) is 0 Å². The Kier molecular flexibility index (Phi) is 8.92. The number of benzene rings is 3. The molecule has 7 heteroatoms. The van der Waals surface area contributed by atoms with Gasteiger partial charge in [-0.2, -0.15) is 0 Å². The number of aliphatic hydroxyl groups excluding tert-OH is 1. The predicted molar refractivity (Wildman–Crippen MR) is 150 cm³/mol. The number of Topliss-reactive ketones (excluding diaryl/α,β-unsaturated/α-hetero) is 1. The molecule has 0 radical (unpaired) electrons. The van der Waals surface area contributed by atoms with Crippen LogP contribution in [0.4, 0.5) is 0 Å². The second-order valence-corrected chi connectivity index (χ2v) is 9.90. The summed E-state index contributed by atoms with van der Waals surface area (Å²) in [5.41, 5.74) is 2.09. The smallest absolute Gasteiger partial charge is 0.295 e. The van der Waals surface area contributed by atoms with Crippen molar-refractivity contribution >= 4 is 17.4 Å². The van der Waals surface area contributed by atoms with Crippen LogP contribution in [0, 0.1) is 5.92 Å². The predicted octanol–water partition coefficient (Wildman–Crippen LogP) is 5.79. The Balaban J connectivity index is 1.77. The normalized spacial score (nSPS) is 16.5. The molecule has 3 aromatic rings. The van der Waals surface area contributed by atoms with Crippen molar-refractivity contribution in [3.63, 3.8) is 0 Å². The van der Waals surface area contributed by atoms with Gasteiger partial charge in [0.25, 0.3) is 11.7 Å². The van der Waals surface area contributed by atoms with Gasteiger partial charge in [-0.15, -0.1) is 0 Å². The molecule has 7 nitrogen and oxygen atoms in total. The molecule has 1 fully saturated rings. The van der Waals surface area contributed by atoms with Crippen molar-refractivity contribution in [3.05, 3.63) is 95.1 Å². The number of methoxy groups -OCH3 is 2. The van der Waals surface area contributed by atoms with Gasteiger partial charge in [0, 0.05) is 12.1 Å². The van der Waals surface area contributed by atoms with Crippen molar-refractivity contribution in [1.82, 2.24) is 4.90 Å². The van der Waals surface area contributed by atoms with Crippen LogP contribution in [0.2, 0.25) is 0 Å². The van der Waals surface area contributed by atoms with E-state index in [2.05, 4.69) is 13.8 Å². The first-order valence-corrected chi connectivity index (χ1v) is 13.1. The minimum Gasteiger partial charge on any atom is -0.507 e. The minimum absolute atomic E-state index is 0.0249. The summed E-state index contributed by atoms with van der Waals surface area (Å²) in [6, 6.07) is 21.1. The van der Waals surface area contributed by atoms with Crippen LogP contribution in [0.15, 0.2) is 78.4 Å². The summed E-state index contributed by atoms with van der Waals surface area (Å²) in [6.45, 7) is 5.09. The number of nitrogens with zero attached hydrogens (tertiary/aromatic N) is 1. The standard InChI is InChI=1S/C32H35NO6/c1-21(2)16-18-39-26-14-13-23(20-27(26)38-4)29-28(30(34)24-11-8-12-25(19-24)37-3)31(35)32(36)33(29)17-15-22-9-6-5-7-10-22/h5-14,19-21,29,34H,15-18H2,1-4H3/b30-28+. The van der Waals surface area contributed by atoms with Gasteiger partial charge in [0.05, 0.1) is 32.4 Å². The number of likely N-dealkylation sites (tertiary alicyclic amines) is 1. The zero-order valence-corrected chi connectivity index (χ0v) is 22.8. The first-order chi connectivity index (χ1) is 18.8. The third kappa shape index (κ3) is 6.25. The van der Waals surface area contributed by atoms with E-state index in [9.17, 15) is 14.7 Å². The number of aliphatic hydroxyl groups is 1. The fraction of sp³-hybridized carbons (Fsp3) is 0.312. The molecule has 4 rings (SSSR count). The Morgan fingerprint density at radius 1 is 0.923 bits per heavy atom. The molecule has 1 unspecified atom stereocenters. The molecule has 0 spiro atoms. The third-order valence-electron chi connectivity index (χ3n) is 6.82. The Hall–Kier alpha value is -4.26. The summed E-state index contributed by atoms with van der Waals surface area (Å²) in [6.07, 6.45) is 1.45. The summed E-state index contributed by atoms with van der Waals surface area (Å²) in [5.74, 6) is 0.453. The number of amides is 1. The van der Waals surface area contributed by atoms with E-state index in [-0.39, 0.29) is 11.3 Å². The average Bonchev–Trinajstić information content (AvgIpc) is 3.21. The first kappa shape index (κ1) is 27.8. The Labute approximate surface area is 229 Å². The number of hydrogen-bond donors (Lipinski definition) is 1. The highest BCUT2D eigenvalue weighted by atomic mass is 16.5.